The van der Waals surface area contributed by atoms with E-state index in [4.69, 9.17) is 9.40 Å². The molecule has 0 saturated heterocycles. The van der Waals surface area contributed by atoms with E-state index in [0.29, 0.717) is 5.92 Å². The first-order valence-corrected chi connectivity index (χ1v) is 11.2. The van der Waals surface area contributed by atoms with Gasteiger partial charge in [0.25, 0.3) is 0 Å². The quantitative estimate of drug-likeness (QED) is 0.293. The Morgan fingerprint density at radius 2 is 1.74 bits per heavy atom. The third-order valence-corrected chi connectivity index (χ3v) is 6.80. The van der Waals surface area contributed by atoms with Crippen molar-refractivity contribution in [2.24, 2.45) is 0 Å². The minimum Gasteiger partial charge on any atom is -0.455 e. The number of benzene rings is 3. The Morgan fingerprint density at radius 1 is 0.903 bits per heavy atom. The van der Waals surface area contributed by atoms with Gasteiger partial charge in [0.1, 0.15) is 17.0 Å². The molecule has 1 saturated carbocycles. The van der Waals surface area contributed by atoms with Crippen LogP contribution in [0.1, 0.15) is 49.1 Å². The van der Waals surface area contributed by atoms with Crippen LogP contribution in [0.3, 0.4) is 0 Å². The maximum atomic E-state index is 15.3. The first-order valence-electron chi connectivity index (χ1n) is 11.2. The van der Waals surface area contributed by atoms with E-state index in [0.717, 1.165) is 67.9 Å². The van der Waals surface area contributed by atoms with Gasteiger partial charge >= 0.3 is 0 Å². The predicted molar refractivity (Wildman–Crippen MR) is 125 cm³/mol. The van der Waals surface area contributed by atoms with E-state index in [1.54, 1.807) is 6.07 Å². The minimum absolute atomic E-state index is 0.109. The molecule has 0 N–H and O–H groups in total. The van der Waals surface area contributed by atoms with Crippen LogP contribution in [-0.4, -0.2) is 4.98 Å². The third kappa shape index (κ3) is 3.03. The van der Waals surface area contributed by atoms with Crippen LogP contribution in [0.25, 0.3) is 44.0 Å². The number of halogens is 1. The maximum Gasteiger partial charge on any atom is 0.144 e. The second-order valence-corrected chi connectivity index (χ2v) is 8.88. The van der Waals surface area contributed by atoms with Crippen molar-refractivity contribution >= 4 is 32.7 Å². The molecule has 0 radical (unpaired) electrons. The first kappa shape index (κ1) is 18.6. The normalized spacial score (nSPS) is 15.3. The fraction of sp³-hybridized carbons (Fsp3) is 0.250. The van der Waals surface area contributed by atoms with E-state index in [9.17, 15) is 0 Å². The lowest BCUT2D eigenvalue weighted by atomic mass is 9.83. The summed E-state index contributed by atoms with van der Waals surface area (Å²) in [6.45, 7) is 2.08. The third-order valence-electron chi connectivity index (χ3n) is 6.80. The summed E-state index contributed by atoms with van der Waals surface area (Å²) in [5.41, 5.74) is 5.36. The molecule has 1 fully saturated rings. The van der Waals surface area contributed by atoms with Gasteiger partial charge in [-0.25, -0.2) is 4.39 Å². The molecule has 2 nitrogen and oxygen atoms in total. The number of para-hydroxylation sites is 1. The van der Waals surface area contributed by atoms with Gasteiger partial charge in [0.15, 0.2) is 0 Å². The number of hydrogen-bond donors (Lipinski definition) is 0. The minimum atomic E-state index is -0.109. The standard InChI is InChI=1S/C28H24FNO/c1-17-13-23-20-9-5-6-10-26(20)31-28(23)24(14-17)27-22-16-25(29)21(15-19(22)11-12-30-27)18-7-3-2-4-8-18/h5-6,9-16,18H,2-4,7-8H2,1H3. The molecule has 1 aliphatic carbocycles. The van der Waals surface area contributed by atoms with Crippen LogP contribution in [0.5, 0.6) is 0 Å². The highest BCUT2D eigenvalue weighted by Crippen LogP contribution is 2.40. The summed E-state index contributed by atoms with van der Waals surface area (Å²) in [4.78, 5) is 4.70. The van der Waals surface area contributed by atoms with Gasteiger partial charge in [0.05, 0.1) is 5.69 Å². The molecular weight excluding hydrogens is 385 g/mol. The SMILES string of the molecule is Cc1cc(-c2nccc3cc(C4CCCCC4)c(F)cc23)c2oc3ccccc3c2c1. The summed E-state index contributed by atoms with van der Waals surface area (Å²) in [5, 5.41) is 4.04. The van der Waals surface area contributed by atoms with Crippen molar-refractivity contribution in [1.82, 2.24) is 4.98 Å². The van der Waals surface area contributed by atoms with Crippen LogP contribution in [0.15, 0.2) is 65.2 Å². The largest absolute Gasteiger partial charge is 0.455 e. The van der Waals surface area contributed by atoms with Crippen molar-refractivity contribution in [2.45, 2.75) is 44.9 Å². The average Bonchev–Trinajstić information content (AvgIpc) is 3.17. The number of aryl methyl sites for hydroxylation is 1. The Hall–Kier alpha value is -3.20. The zero-order valence-corrected chi connectivity index (χ0v) is 17.6. The lowest BCUT2D eigenvalue weighted by Gasteiger charge is -2.23. The summed E-state index contributed by atoms with van der Waals surface area (Å²) in [5.74, 6) is 0.220. The van der Waals surface area contributed by atoms with Crippen molar-refractivity contribution < 1.29 is 8.81 Å². The Morgan fingerprint density at radius 3 is 2.61 bits per heavy atom. The number of furan rings is 1. The molecule has 1 aliphatic rings. The van der Waals surface area contributed by atoms with Crippen LogP contribution in [0.2, 0.25) is 0 Å². The fourth-order valence-corrected chi connectivity index (χ4v) is 5.30. The Labute approximate surface area is 180 Å². The van der Waals surface area contributed by atoms with E-state index in [-0.39, 0.29) is 5.82 Å². The van der Waals surface area contributed by atoms with Gasteiger partial charge < -0.3 is 4.42 Å². The van der Waals surface area contributed by atoms with Crippen molar-refractivity contribution in [1.29, 1.82) is 0 Å². The predicted octanol–water partition coefficient (Wildman–Crippen LogP) is 8.30. The zero-order chi connectivity index (χ0) is 20.9. The summed E-state index contributed by atoms with van der Waals surface area (Å²) < 4.78 is 21.6. The van der Waals surface area contributed by atoms with E-state index in [1.807, 2.05) is 30.5 Å². The van der Waals surface area contributed by atoms with Gasteiger partial charge in [-0.05, 0) is 78.6 Å². The molecule has 0 unspecified atom stereocenters. The molecule has 0 spiro atoms. The van der Waals surface area contributed by atoms with E-state index < -0.39 is 0 Å². The van der Waals surface area contributed by atoms with Crippen molar-refractivity contribution in [2.75, 3.05) is 0 Å². The molecule has 6 rings (SSSR count). The number of nitrogens with zero attached hydrogens (tertiary/aromatic N) is 1. The van der Waals surface area contributed by atoms with E-state index >= 15 is 4.39 Å². The van der Waals surface area contributed by atoms with E-state index in [1.165, 1.54) is 19.3 Å². The molecule has 154 valence electrons. The summed E-state index contributed by atoms with van der Waals surface area (Å²) >= 11 is 0. The fourth-order valence-electron chi connectivity index (χ4n) is 5.30. The van der Waals surface area contributed by atoms with Gasteiger partial charge in [0, 0.05) is 27.9 Å². The first-order chi connectivity index (χ1) is 15.2. The topological polar surface area (TPSA) is 26.0 Å². The highest BCUT2D eigenvalue weighted by atomic mass is 19.1. The van der Waals surface area contributed by atoms with Crippen LogP contribution in [-0.2, 0) is 0 Å². The van der Waals surface area contributed by atoms with Gasteiger partial charge in [-0.15, -0.1) is 0 Å². The van der Waals surface area contributed by atoms with Crippen molar-refractivity contribution in [3.8, 4) is 11.3 Å². The van der Waals surface area contributed by atoms with Gasteiger partial charge in [0.2, 0.25) is 0 Å². The Bertz CT molecular complexity index is 1440. The zero-order valence-electron chi connectivity index (χ0n) is 17.6. The lowest BCUT2D eigenvalue weighted by molar-refractivity contribution is 0.430. The highest BCUT2D eigenvalue weighted by Gasteiger charge is 2.21. The molecule has 3 aromatic carbocycles. The van der Waals surface area contributed by atoms with Crippen molar-refractivity contribution in [3.05, 3.63) is 77.7 Å². The molecule has 2 heterocycles. The van der Waals surface area contributed by atoms with Crippen LogP contribution in [0, 0.1) is 12.7 Å². The van der Waals surface area contributed by atoms with Gasteiger partial charge in [-0.3, -0.25) is 4.98 Å². The van der Waals surface area contributed by atoms with Crippen LogP contribution in [0.4, 0.5) is 4.39 Å². The molecule has 0 atom stereocenters. The number of hydrogen-bond acceptors (Lipinski definition) is 2. The number of pyridine rings is 1. The molecule has 3 heteroatoms. The van der Waals surface area contributed by atoms with E-state index in [2.05, 4.69) is 31.2 Å². The number of fused-ring (bicyclic) bond motifs is 4. The Kier molecular flexibility index (Phi) is 4.31. The molecule has 0 bridgehead atoms. The van der Waals surface area contributed by atoms with Gasteiger partial charge in [-0.2, -0.15) is 0 Å². The highest BCUT2D eigenvalue weighted by molar-refractivity contribution is 6.11. The molecular formula is C28H24FNO. The molecule has 0 amide bonds. The van der Waals surface area contributed by atoms with Crippen LogP contribution < -0.4 is 0 Å². The second kappa shape index (κ2) is 7.19. The monoisotopic (exact) mass is 409 g/mol. The molecule has 2 aromatic heterocycles. The molecule has 31 heavy (non-hydrogen) atoms. The number of rotatable bonds is 2. The Balaban J connectivity index is 1.60. The lowest BCUT2D eigenvalue weighted by Crippen LogP contribution is -2.06. The average molecular weight is 410 g/mol. The summed E-state index contributed by atoms with van der Waals surface area (Å²) in [6, 6.07) is 18.1. The van der Waals surface area contributed by atoms with Gasteiger partial charge in [-0.1, -0.05) is 37.5 Å². The maximum absolute atomic E-state index is 15.3. The molecule has 5 aromatic rings. The summed E-state index contributed by atoms with van der Waals surface area (Å²) in [7, 11) is 0. The van der Waals surface area contributed by atoms with Crippen molar-refractivity contribution in [3.63, 3.8) is 0 Å². The smallest absolute Gasteiger partial charge is 0.144 e. The second-order valence-electron chi connectivity index (χ2n) is 8.88. The number of aromatic nitrogens is 1. The molecule has 0 aliphatic heterocycles. The van der Waals surface area contributed by atoms with Crippen LogP contribution >= 0.6 is 0 Å². The summed E-state index contributed by atoms with van der Waals surface area (Å²) in [6.07, 6.45) is 7.64.